The summed E-state index contributed by atoms with van der Waals surface area (Å²) in [7, 11) is 0. The van der Waals surface area contributed by atoms with Crippen LogP contribution in [-0.4, -0.2) is 9.97 Å². The van der Waals surface area contributed by atoms with Crippen LogP contribution >= 0.6 is 0 Å². The summed E-state index contributed by atoms with van der Waals surface area (Å²) in [5.74, 6) is 0.617. The third-order valence-corrected chi connectivity index (χ3v) is 13.2. The smallest absolute Gasteiger partial charge is 0.164 e. The van der Waals surface area contributed by atoms with Gasteiger partial charge >= 0.3 is 0 Å². The lowest BCUT2D eigenvalue weighted by atomic mass is 9.66. The zero-order chi connectivity index (χ0) is 40.8. The maximum atomic E-state index is 6.60. The largest absolute Gasteiger partial charge is 0.455 e. The molecule has 0 unspecified atom stereocenters. The summed E-state index contributed by atoms with van der Waals surface area (Å²) in [5.41, 5.74) is 20.5. The molecule has 0 N–H and O–H groups in total. The fourth-order valence-electron chi connectivity index (χ4n) is 10.6. The van der Waals surface area contributed by atoms with Crippen molar-refractivity contribution in [2.45, 2.75) is 5.41 Å². The number of furan rings is 1. The molecule has 0 aliphatic heterocycles. The van der Waals surface area contributed by atoms with Gasteiger partial charge in [-0.05, 0) is 91.0 Å². The zero-order valence-corrected chi connectivity index (χ0v) is 33.6. The van der Waals surface area contributed by atoms with Gasteiger partial charge in [0.1, 0.15) is 11.2 Å². The van der Waals surface area contributed by atoms with Gasteiger partial charge in [-0.2, -0.15) is 0 Å². The van der Waals surface area contributed by atoms with E-state index in [-0.39, 0.29) is 0 Å². The maximum Gasteiger partial charge on any atom is 0.164 e. The van der Waals surface area contributed by atoms with Crippen molar-refractivity contribution in [1.82, 2.24) is 9.97 Å². The van der Waals surface area contributed by atoms with Gasteiger partial charge in [0.25, 0.3) is 0 Å². The van der Waals surface area contributed by atoms with E-state index in [0.29, 0.717) is 5.82 Å². The Morgan fingerprint density at radius 1 is 0.306 bits per heavy atom. The van der Waals surface area contributed by atoms with E-state index in [1.807, 2.05) is 12.1 Å². The van der Waals surface area contributed by atoms with E-state index >= 15 is 0 Å². The first kappa shape index (κ1) is 34.7. The van der Waals surface area contributed by atoms with E-state index in [0.717, 1.165) is 61.1 Å². The molecule has 0 fully saturated rings. The van der Waals surface area contributed by atoms with Gasteiger partial charge in [-0.15, -0.1) is 0 Å². The van der Waals surface area contributed by atoms with Crippen molar-refractivity contribution < 1.29 is 4.42 Å². The highest BCUT2D eigenvalue weighted by atomic mass is 16.3. The van der Waals surface area contributed by atoms with Crippen molar-refractivity contribution >= 4 is 21.9 Å². The molecule has 2 heterocycles. The number of benzene rings is 9. The van der Waals surface area contributed by atoms with Gasteiger partial charge in [0.05, 0.1) is 22.4 Å². The second-order valence-corrected chi connectivity index (χ2v) is 16.3. The Hall–Kier alpha value is -8.14. The van der Waals surface area contributed by atoms with Crippen LogP contribution in [0.4, 0.5) is 0 Å². The number of aromatic nitrogens is 2. The molecule has 2 aliphatic rings. The fraction of sp³-hybridized carbons (Fsp3) is 0.0169. The van der Waals surface area contributed by atoms with E-state index in [1.54, 1.807) is 0 Å². The van der Waals surface area contributed by atoms with Gasteiger partial charge in [0, 0.05) is 21.9 Å². The average Bonchev–Trinajstić information content (AvgIpc) is 3.84. The molecule has 3 nitrogen and oxygen atoms in total. The number of nitrogens with zero attached hydrogens (tertiary/aromatic N) is 2. The normalized spacial score (nSPS) is 13.0. The van der Waals surface area contributed by atoms with Crippen LogP contribution in [0.25, 0.3) is 100 Å². The molecule has 2 aliphatic carbocycles. The number of hydrogen-bond donors (Lipinski definition) is 0. The van der Waals surface area contributed by atoms with E-state index in [1.165, 1.54) is 55.6 Å². The first-order valence-corrected chi connectivity index (χ1v) is 21.2. The van der Waals surface area contributed by atoms with Crippen LogP contribution in [0.3, 0.4) is 0 Å². The molecule has 0 bridgehead atoms. The summed E-state index contributed by atoms with van der Waals surface area (Å²) in [6, 6.07) is 78.7. The zero-order valence-electron chi connectivity index (χ0n) is 33.6. The van der Waals surface area contributed by atoms with Gasteiger partial charge in [-0.25, -0.2) is 9.97 Å². The lowest BCUT2D eigenvalue weighted by Gasteiger charge is -2.35. The van der Waals surface area contributed by atoms with Crippen LogP contribution < -0.4 is 0 Å². The first-order valence-electron chi connectivity index (χ1n) is 21.2. The minimum atomic E-state index is -0.551. The molecule has 0 atom stereocenters. The SMILES string of the molecule is c1ccc(-c2ccccc2-c2cc(-c3ccc4c(c3)-c3ccccc3C43c4ccccc4-c4ccccc4-c4ccccc43)nc(-c3cccc4c3oc3ccccc34)n2)cc1. The van der Waals surface area contributed by atoms with Gasteiger partial charge < -0.3 is 4.42 Å². The number of para-hydroxylation sites is 2. The number of fused-ring (bicyclic) bond motifs is 15. The Balaban J connectivity index is 1.08. The lowest BCUT2D eigenvalue weighted by molar-refractivity contribution is 0.669. The third kappa shape index (κ3) is 4.94. The van der Waals surface area contributed by atoms with Gasteiger partial charge in [-0.3, -0.25) is 0 Å². The van der Waals surface area contributed by atoms with E-state index in [9.17, 15) is 0 Å². The molecule has 0 saturated carbocycles. The summed E-state index contributed by atoms with van der Waals surface area (Å²) < 4.78 is 6.60. The molecule has 3 heteroatoms. The lowest BCUT2D eigenvalue weighted by Crippen LogP contribution is -2.29. The summed E-state index contributed by atoms with van der Waals surface area (Å²) >= 11 is 0. The van der Waals surface area contributed by atoms with E-state index in [4.69, 9.17) is 14.4 Å². The van der Waals surface area contributed by atoms with Gasteiger partial charge in [0.15, 0.2) is 5.82 Å². The Labute approximate surface area is 359 Å². The Bertz CT molecular complexity index is 3530. The molecular weight excluding hydrogens is 753 g/mol. The summed E-state index contributed by atoms with van der Waals surface area (Å²) in [6.45, 7) is 0. The standard InChI is InChI=1S/C59H36N2O/c1-2-17-37(18-3-1)39-19-4-7-25-45(39)55-36-54(60-58(61-55)48-28-16-27-47-46-26-11-15-32-56(46)62-57(47)48)38-33-34-53-49(35-38)44-24-10-14-31-52(44)59(53)50-29-12-8-22-42(50)40-20-5-6-21-41(40)43-23-9-13-30-51(43)59/h1-36H. The quantitative estimate of drug-likeness (QED) is 0.178. The minimum Gasteiger partial charge on any atom is -0.455 e. The van der Waals surface area contributed by atoms with Crippen LogP contribution in [0.15, 0.2) is 223 Å². The van der Waals surface area contributed by atoms with Gasteiger partial charge in [-0.1, -0.05) is 194 Å². The number of rotatable bonds is 4. The Morgan fingerprint density at radius 2 is 0.806 bits per heavy atom. The molecule has 13 rings (SSSR count). The topological polar surface area (TPSA) is 38.9 Å². The van der Waals surface area contributed by atoms with Crippen molar-refractivity contribution in [3.05, 3.63) is 241 Å². The van der Waals surface area contributed by atoms with Crippen molar-refractivity contribution in [3.63, 3.8) is 0 Å². The third-order valence-electron chi connectivity index (χ3n) is 13.2. The number of hydrogen-bond acceptors (Lipinski definition) is 3. The van der Waals surface area contributed by atoms with Crippen LogP contribution in [0.2, 0.25) is 0 Å². The molecule has 0 amide bonds. The molecule has 1 spiro atoms. The van der Waals surface area contributed by atoms with Crippen LogP contribution in [-0.2, 0) is 5.41 Å². The first-order chi connectivity index (χ1) is 30.8. The van der Waals surface area contributed by atoms with Crippen LogP contribution in [0, 0.1) is 0 Å². The van der Waals surface area contributed by atoms with Crippen LogP contribution in [0.1, 0.15) is 22.3 Å². The van der Waals surface area contributed by atoms with Gasteiger partial charge in [0.2, 0.25) is 0 Å². The van der Waals surface area contributed by atoms with Crippen molar-refractivity contribution in [2.24, 2.45) is 0 Å². The molecular formula is C59H36N2O. The monoisotopic (exact) mass is 788 g/mol. The molecule has 288 valence electrons. The van der Waals surface area contributed by atoms with Crippen molar-refractivity contribution in [1.29, 1.82) is 0 Å². The highest BCUT2D eigenvalue weighted by Crippen LogP contribution is 2.61. The van der Waals surface area contributed by atoms with Crippen molar-refractivity contribution in [3.8, 4) is 78.4 Å². The van der Waals surface area contributed by atoms with E-state index < -0.39 is 5.41 Å². The minimum absolute atomic E-state index is 0.551. The summed E-state index contributed by atoms with van der Waals surface area (Å²) in [5, 5.41) is 2.12. The second-order valence-electron chi connectivity index (χ2n) is 16.3. The fourth-order valence-corrected chi connectivity index (χ4v) is 10.6. The van der Waals surface area contributed by atoms with Crippen LogP contribution in [0.5, 0.6) is 0 Å². The molecule has 11 aromatic rings. The van der Waals surface area contributed by atoms with E-state index in [2.05, 4.69) is 206 Å². The molecule has 0 saturated heterocycles. The Morgan fingerprint density at radius 3 is 1.50 bits per heavy atom. The predicted molar refractivity (Wildman–Crippen MR) is 253 cm³/mol. The highest BCUT2D eigenvalue weighted by molar-refractivity contribution is 6.09. The predicted octanol–water partition coefficient (Wildman–Crippen LogP) is 15.1. The average molecular weight is 789 g/mol. The molecule has 2 aromatic heterocycles. The molecule has 62 heavy (non-hydrogen) atoms. The molecule has 0 radical (unpaired) electrons. The maximum absolute atomic E-state index is 6.60. The summed E-state index contributed by atoms with van der Waals surface area (Å²) in [4.78, 5) is 10.8. The molecule has 9 aromatic carbocycles. The van der Waals surface area contributed by atoms with Crippen molar-refractivity contribution in [2.75, 3.05) is 0 Å². The highest BCUT2D eigenvalue weighted by Gasteiger charge is 2.49. The second kappa shape index (κ2) is 13.4. The Kier molecular flexibility index (Phi) is 7.52. The summed E-state index contributed by atoms with van der Waals surface area (Å²) in [6.07, 6.45) is 0.